The molecular weight excluding hydrogens is 243 g/mol. The molecule has 1 N–H and O–H groups in total. The highest BCUT2D eigenvalue weighted by Crippen LogP contribution is 2.26. The third kappa shape index (κ3) is 3.91. The van der Waals surface area contributed by atoms with E-state index in [9.17, 15) is 4.39 Å². The maximum absolute atomic E-state index is 13.3. The number of likely N-dealkylation sites (tertiary alicyclic amines) is 1. The summed E-state index contributed by atoms with van der Waals surface area (Å²) in [6.45, 7) is 5.90. The van der Waals surface area contributed by atoms with Gasteiger partial charge in [0, 0.05) is 24.2 Å². The maximum atomic E-state index is 13.3. The van der Waals surface area contributed by atoms with Gasteiger partial charge in [-0.15, -0.1) is 0 Å². The highest BCUT2D eigenvalue weighted by Gasteiger charge is 2.13. The standard InChI is InChI=1S/C15H23FN2O/c1-12(17-2)14-6-5-13(16)11-15(14)19-10-9-18-7-3-4-8-18/h5-6,11-12,17H,3-4,7-10H2,1-2H3. The minimum atomic E-state index is -0.247. The van der Waals surface area contributed by atoms with Crippen molar-refractivity contribution in [3.8, 4) is 5.75 Å². The van der Waals surface area contributed by atoms with E-state index in [4.69, 9.17) is 4.74 Å². The van der Waals surface area contributed by atoms with Crippen molar-refractivity contribution in [3.05, 3.63) is 29.6 Å². The SMILES string of the molecule is CNC(C)c1ccc(F)cc1OCCN1CCCC1. The normalized spacial score (nSPS) is 17.6. The Bertz CT molecular complexity index is 405. The number of benzene rings is 1. The number of nitrogens with one attached hydrogen (secondary N) is 1. The minimum absolute atomic E-state index is 0.155. The van der Waals surface area contributed by atoms with Crippen LogP contribution in [-0.2, 0) is 0 Å². The molecule has 1 saturated heterocycles. The van der Waals surface area contributed by atoms with Crippen molar-refractivity contribution in [2.45, 2.75) is 25.8 Å². The molecule has 0 bridgehead atoms. The molecule has 1 unspecified atom stereocenters. The van der Waals surface area contributed by atoms with Gasteiger partial charge in [-0.3, -0.25) is 4.90 Å². The minimum Gasteiger partial charge on any atom is -0.492 e. The fourth-order valence-corrected chi connectivity index (χ4v) is 2.44. The van der Waals surface area contributed by atoms with Crippen molar-refractivity contribution in [2.24, 2.45) is 0 Å². The van der Waals surface area contributed by atoms with Crippen LogP contribution in [0.4, 0.5) is 4.39 Å². The van der Waals surface area contributed by atoms with Crippen molar-refractivity contribution in [1.82, 2.24) is 10.2 Å². The summed E-state index contributed by atoms with van der Waals surface area (Å²) >= 11 is 0. The van der Waals surface area contributed by atoms with Crippen molar-refractivity contribution >= 4 is 0 Å². The van der Waals surface area contributed by atoms with Gasteiger partial charge < -0.3 is 10.1 Å². The molecule has 3 nitrogen and oxygen atoms in total. The summed E-state index contributed by atoms with van der Waals surface area (Å²) in [7, 11) is 1.89. The molecule has 1 aromatic carbocycles. The van der Waals surface area contributed by atoms with E-state index < -0.39 is 0 Å². The van der Waals surface area contributed by atoms with Crippen LogP contribution in [0.25, 0.3) is 0 Å². The van der Waals surface area contributed by atoms with Gasteiger partial charge in [0.1, 0.15) is 18.2 Å². The Morgan fingerprint density at radius 1 is 1.37 bits per heavy atom. The van der Waals surface area contributed by atoms with Crippen LogP contribution in [0.3, 0.4) is 0 Å². The highest BCUT2D eigenvalue weighted by atomic mass is 19.1. The number of rotatable bonds is 6. The van der Waals surface area contributed by atoms with E-state index in [-0.39, 0.29) is 11.9 Å². The van der Waals surface area contributed by atoms with Gasteiger partial charge in [0.05, 0.1) is 0 Å². The first kappa shape index (κ1) is 14.3. The van der Waals surface area contributed by atoms with Crippen LogP contribution in [0, 0.1) is 5.82 Å². The number of ether oxygens (including phenoxy) is 1. The van der Waals surface area contributed by atoms with E-state index in [1.807, 2.05) is 14.0 Å². The summed E-state index contributed by atoms with van der Waals surface area (Å²) in [5.41, 5.74) is 1.00. The van der Waals surface area contributed by atoms with Crippen LogP contribution in [0.2, 0.25) is 0 Å². The van der Waals surface area contributed by atoms with Crippen LogP contribution in [0.15, 0.2) is 18.2 Å². The number of halogens is 1. The number of hydrogen-bond acceptors (Lipinski definition) is 3. The van der Waals surface area contributed by atoms with E-state index in [2.05, 4.69) is 10.2 Å². The largest absolute Gasteiger partial charge is 0.492 e. The third-order valence-electron chi connectivity index (χ3n) is 3.74. The lowest BCUT2D eigenvalue weighted by molar-refractivity contribution is 0.234. The van der Waals surface area contributed by atoms with E-state index in [1.165, 1.54) is 25.0 Å². The predicted molar refractivity (Wildman–Crippen MR) is 75.0 cm³/mol. The second-order valence-electron chi connectivity index (χ2n) is 5.09. The predicted octanol–water partition coefficient (Wildman–Crippen LogP) is 2.58. The topological polar surface area (TPSA) is 24.5 Å². The molecule has 2 rings (SSSR count). The van der Waals surface area contributed by atoms with Crippen molar-refractivity contribution in [3.63, 3.8) is 0 Å². The number of hydrogen-bond donors (Lipinski definition) is 1. The molecule has 0 aliphatic carbocycles. The first-order valence-electron chi connectivity index (χ1n) is 7.02. The first-order valence-corrected chi connectivity index (χ1v) is 7.02. The molecule has 19 heavy (non-hydrogen) atoms. The third-order valence-corrected chi connectivity index (χ3v) is 3.74. The van der Waals surface area contributed by atoms with Gasteiger partial charge >= 0.3 is 0 Å². The number of nitrogens with zero attached hydrogens (tertiary/aromatic N) is 1. The van der Waals surface area contributed by atoms with Gasteiger partial charge in [-0.25, -0.2) is 4.39 Å². The summed E-state index contributed by atoms with van der Waals surface area (Å²) in [5.74, 6) is 0.407. The Labute approximate surface area is 114 Å². The molecule has 0 saturated carbocycles. The second-order valence-corrected chi connectivity index (χ2v) is 5.09. The average Bonchev–Trinajstić information content (AvgIpc) is 2.91. The van der Waals surface area contributed by atoms with Crippen molar-refractivity contribution < 1.29 is 9.13 Å². The van der Waals surface area contributed by atoms with Gasteiger partial charge in [0.2, 0.25) is 0 Å². The highest BCUT2D eigenvalue weighted by molar-refractivity contribution is 5.36. The summed E-state index contributed by atoms with van der Waals surface area (Å²) < 4.78 is 19.1. The van der Waals surface area contributed by atoms with Crippen LogP contribution in [-0.4, -0.2) is 38.2 Å². The lowest BCUT2D eigenvalue weighted by atomic mass is 10.1. The lowest BCUT2D eigenvalue weighted by Crippen LogP contribution is -2.25. The van der Waals surface area contributed by atoms with Crippen LogP contribution in [0.1, 0.15) is 31.4 Å². The van der Waals surface area contributed by atoms with Crippen LogP contribution < -0.4 is 10.1 Å². The average molecular weight is 266 g/mol. The Morgan fingerprint density at radius 3 is 2.79 bits per heavy atom. The summed E-state index contributed by atoms with van der Waals surface area (Å²) in [5, 5.41) is 3.16. The Balaban J connectivity index is 1.95. The fourth-order valence-electron chi connectivity index (χ4n) is 2.44. The smallest absolute Gasteiger partial charge is 0.127 e. The molecule has 4 heteroatoms. The molecule has 1 fully saturated rings. The Hall–Kier alpha value is -1.13. The molecular formula is C15H23FN2O. The lowest BCUT2D eigenvalue weighted by Gasteiger charge is -2.19. The molecule has 0 aromatic heterocycles. The van der Waals surface area contributed by atoms with Gasteiger partial charge in [-0.05, 0) is 46.0 Å². The Morgan fingerprint density at radius 2 is 2.11 bits per heavy atom. The first-order chi connectivity index (χ1) is 9.20. The molecule has 0 spiro atoms. The monoisotopic (exact) mass is 266 g/mol. The molecule has 1 aromatic rings. The molecule has 0 amide bonds. The van der Waals surface area contributed by atoms with E-state index in [0.29, 0.717) is 12.4 Å². The zero-order valence-electron chi connectivity index (χ0n) is 11.8. The van der Waals surface area contributed by atoms with E-state index >= 15 is 0 Å². The molecule has 106 valence electrons. The summed E-state index contributed by atoms with van der Waals surface area (Å²) in [6, 6.07) is 4.91. The quantitative estimate of drug-likeness (QED) is 0.856. The Kier molecular flexibility index (Phi) is 5.16. The zero-order chi connectivity index (χ0) is 13.7. The fraction of sp³-hybridized carbons (Fsp3) is 0.600. The van der Waals surface area contributed by atoms with E-state index in [1.54, 1.807) is 6.07 Å². The second kappa shape index (κ2) is 6.87. The molecule has 0 radical (unpaired) electrons. The van der Waals surface area contributed by atoms with Crippen molar-refractivity contribution in [2.75, 3.05) is 33.3 Å². The van der Waals surface area contributed by atoms with Gasteiger partial charge in [0.15, 0.2) is 0 Å². The van der Waals surface area contributed by atoms with Crippen LogP contribution >= 0.6 is 0 Å². The molecule has 1 atom stereocenters. The summed E-state index contributed by atoms with van der Waals surface area (Å²) in [6.07, 6.45) is 2.56. The van der Waals surface area contributed by atoms with Gasteiger partial charge in [-0.1, -0.05) is 6.07 Å². The zero-order valence-corrected chi connectivity index (χ0v) is 11.8. The summed E-state index contributed by atoms with van der Waals surface area (Å²) in [4.78, 5) is 2.39. The van der Waals surface area contributed by atoms with Crippen LogP contribution in [0.5, 0.6) is 5.75 Å². The molecule has 1 aliphatic heterocycles. The van der Waals surface area contributed by atoms with Gasteiger partial charge in [0.25, 0.3) is 0 Å². The van der Waals surface area contributed by atoms with E-state index in [0.717, 1.165) is 25.2 Å². The van der Waals surface area contributed by atoms with Crippen molar-refractivity contribution in [1.29, 1.82) is 0 Å². The molecule has 1 aliphatic rings. The molecule has 1 heterocycles. The van der Waals surface area contributed by atoms with Gasteiger partial charge in [-0.2, -0.15) is 0 Å². The maximum Gasteiger partial charge on any atom is 0.127 e.